The van der Waals surface area contributed by atoms with E-state index in [0.717, 1.165) is 24.3 Å². The van der Waals surface area contributed by atoms with E-state index in [1.54, 1.807) is 13.8 Å². The number of rotatable bonds is 5. The third-order valence-electron chi connectivity index (χ3n) is 2.71. The molecule has 0 spiro atoms. The fourth-order valence-electron chi connectivity index (χ4n) is 1.28. The Bertz CT molecular complexity index is 648. The normalized spacial score (nSPS) is 13.5. The van der Waals surface area contributed by atoms with E-state index in [9.17, 15) is 20.7 Å². The Kier molecular flexibility index (Phi) is 4.38. The molecule has 0 aliphatic rings. The molecule has 8 heteroatoms. The number of halogens is 1. The van der Waals surface area contributed by atoms with Crippen LogP contribution in [-0.2, 0) is 20.2 Å². The van der Waals surface area contributed by atoms with Gasteiger partial charge in [0.25, 0.3) is 0 Å². The van der Waals surface area contributed by atoms with Crippen molar-refractivity contribution < 1.29 is 20.7 Å². The molecule has 0 aliphatic carbocycles. The fourth-order valence-corrected chi connectivity index (χ4v) is 3.22. The first kappa shape index (κ1) is 16.1. The van der Waals surface area contributed by atoms with Crippen LogP contribution in [0.15, 0.2) is 34.1 Å². The maximum Gasteiger partial charge on any atom is 0.332 e. The highest BCUT2D eigenvalue weighted by Crippen LogP contribution is 2.18. The average molecular weight is 309 g/mol. The molecular formula is C11H16FNO4S2. The third kappa shape index (κ3) is 4.26. The van der Waals surface area contributed by atoms with Gasteiger partial charge < -0.3 is 0 Å². The number of hydrogen-bond acceptors (Lipinski definition) is 4. The van der Waals surface area contributed by atoms with Gasteiger partial charge in [-0.1, -0.05) is 6.92 Å². The molecule has 19 heavy (non-hydrogen) atoms. The highest BCUT2D eigenvalue weighted by molar-refractivity contribution is 7.89. The molecule has 1 rings (SSSR count). The minimum absolute atomic E-state index is 0.110. The summed E-state index contributed by atoms with van der Waals surface area (Å²) in [4.78, 5) is -0.678. The Labute approximate surface area is 113 Å². The van der Waals surface area contributed by atoms with Gasteiger partial charge in [0, 0.05) is 5.54 Å². The van der Waals surface area contributed by atoms with Gasteiger partial charge in [0.05, 0.1) is 9.79 Å². The number of benzene rings is 1. The molecule has 0 saturated heterocycles. The standard InChI is InChI=1S/C11H16FNO4S2/c1-4-11(2,3)13-19(16,17)10-7-5-9(6-8-10)18(12,14)15/h5-8,13H,4H2,1-3H3. The molecule has 0 heterocycles. The van der Waals surface area contributed by atoms with E-state index in [0.29, 0.717) is 6.42 Å². The molecular weight excluding hydrogens is 293 g/mol. The van der Waals surface area contributed by atoms with Crippen molar-refractivity contribution in [2.75, 3.05) is 0 Å². The molecule has 5 nitrogen and oxygen atoms in total. The topological polar surface area (TPSA) is 80.3 Å². The highest BCUT2D eigenvalue weighted by atomic mass is 32.3. The lowest BCUT2D eigenvalue weighted by Gasteiger charge is -2.24. The zero-order valence-corrected chi connectivity index (χ0v) is 12.5. The Balaban J connectivity index is 3.11. The summed E-state index contributed by atoms with van der Waals surface area (Å²) in [5.41, 5.74) is -0.621. The van der Waals surface area contributed by atoms with Crippen LogP contribution in [0.3, 0.4) is 0 Å². The minimum atomic E-state index is -4.82. The summed E-state index contributed by atoms with van der Waals surface area (Å²) in [6.45, 7) is 5.29. The summed E-state index contributed by atoms with van der Waals surface area (Å²) in [6, 6.07) is 3.95. The Morgan fingerprint density at radius 2 is 1.47 bits per heavy atom. The van der Waals surface area contributed by atoms with Crippen molar-refractivity contribution in [2.45, 2.75) is 42.5 Å². The second-order valence-corrected chi connectivity index (χ2v) is 7.78. The summed E-state index contributed by atoms with van der Waals surface area (Å²) in [6.07, 6.45) is 0.586. The van der Waals surface area contributed by atoms with Crippen molar-refractivity contribution in [3.8, 4) is 0 Å². The Morgan fingerprint density at radius 1 is 1.05 bits per heavy atom. The van der Waals surface area contributed by atoms with Gasteiger partial charge in [-0.3, -0.25) is 0 Å². The van der Waals surface area contributed by atoms with Crippen molar-refractivity contribution in [1.29, 1.82) is 0 Å². The molecule has 0 amide bonds. The quantitative estimate of drug-likeness (QED) is 0.841. The average Bonchev–Trinajstić information content (AvgIpc) is 2.27. The first-order chi connectivity index (χ1) is 8.48. The predicted octanol–water partition coefficient (Wildman–Crippen LogP) is 1.81. The van der Waals surface area contributed by atoms with Crippen LogP contribution in [0, 0.1) is 0 Å². The molecule has 0 bridgehead atoms. The lowest BCUT2D eigenvalue weighted by atomic mass is 10.0. The zero-order valence-electron chi connectivity index (χ0n) is 10.8. The monoisotopic (exact) mass is 309 g/mol. The summed E-state index contributed by atoms with van der Waals surface area (Å²) in [5, 5.41) is 0. The van der Waals surface area contributed by atoms with Gasteiger partial charge in [-0.25, -0.2) is 13.1 Å². The van der Waals surface area contributed by atoms with Gasteiger partial charge in [0.2, 0.25) is 10.0 Å². The molecule has 0 aromatic heterocycles. The molecule has 1 aromatic rings. The van der Waals surface area contributed by atoms with Gasteiger partial charge in [0.15, 0.2) is 0 Å². The van der Waals surface area contributed by atoms with E-state index in [2.05, 4.69) is 4.72 Å². The van der Waals surface area contributed by atoms with Gasteiger partial charge in [-0.15, -0.1) is 3.89 Å². The lowest BCUT2D eigenvalue weighted by molar-refractivity contribution is 0.439. The van der Waals surface area contributed by atoms with E-state index < -0.39 is 30.7 Å². The van der Waals surface area contributed by atoms with E-state index in [4.69, 9.17) is 0 Å². The van der Waals surface area contributed by atoms with E-state index in [-0.39, 0.29) is 4.90 Å². The molecule has 0 unspecified atom stereocenters. The summed E-state index contributed by atoms with van der Waals surface area (Å²) >= 11 is 0. The number of nitrogens with one attached hydrogen (secondary N) is 1. The van der Waals surface area contributed by atoms with Crippen LogP contribution in [-0.4, -0.2) is 22.4 Å². The van der Waals surface area contributed by atoms with Gasteiger partial charge in [-0.2, -0.15) is 8.42 Å². The lowest BCUT2D eigenvalue weighted by Crippen LogP contribution is -2.42. The van der Waals surface area contributed by atoms with Crippen LogP contribution in [0.4, 0.5) is 3.89 Å². The molecule has 0 radical (unpaired) electrons. The largest absolute Gasteiger partial charge is 0.332 e. The minimum Gasteiger partial charge on any atom is -0.207 e. The first-order valence-electron chi connectivity index (χ1n) is 5.57. The highest BCUT2D eigenvalue weighted by Gasteiger charge is 2.25. The van der Waals surface area contributed by atoms with Crippen LogP contribution in [0.2, 0.25) is 0 Å². The molecule has 108 valence electrons. The SMILES string of the molecule is CCC(C)(C)NS(=O)(=O)c1ccc(S(=O)(=O)F)cc1. The van der Waals surface area contributed by atoms with E-state index in [1.165, 1.54) is 0 Å². The number of sulfonamides is 1. The summed E-state index contributed by atoms with van der Waals surface area (Å²) in [5.74, 6) is 0. The second-order valence-electron chi connectivity index (χ2n) is 4.75. The summed E-state index contributed by atoms with van der Waals surface area (Å²) < 4.78 is 60.5. The van der Waals surface area contributed by atoms with Crippen LogP contribution in [0.5, 0.6) is 0 Å². The van der Waals surface area contributed by atoms with Crippen molar-refractivity contribution >= 4 is 20.2 Å². The van der Waals surface area contributed by atoms with Gasteiger partial charge in [0.1, 0.15) is 0 Å². The molecule has 0 saturated carbocycles. The maximum absolute atomic E-state index is 12.7. The van der Waals surface area contributed by atoms with Gasteiger partial charge >= 0.3 is 10.2 Å². The Hall–Kier alpha value is -0.990. The van der Waals surface area contributed by atoms with Crippen molar-refractivity contribution in [3.63, 3.8) is 0 Å². The van der Waals surface area contributed by atoms with E-state index >= 15 is 0 Å². The Morgan fingerprint density at radius 3 is 1.84 bits per heavy atom. The molecule has 0 fully saturated rings. The fraction of sp³-hybridized carbons (Fsp3) is 0.455. The maximum atomic E-state index is 12.7. The van der Waals surface area contributed by atoms with Gasteiger partial charge in [-0.05, 0) is 44.5 Å². The predicted molar refractivity (Wildman–Crippen MR) is 69.4 cm³/mol. The van der Waals surface area contributed by atoms with Crippen LogP contribution in [0.1, 0.15) is 27.2 Å². The second kappa shape index (κ2) is 5.18. The van der Waals surface area contributed by atoms with Crippen LogP contribution in [0.25, 0.3) is 0 Å². The first-order valence-corrected chi connectivity index (χ1v) is 8.43. The molecule has 0 aliphatic heterocycles. The number of hydrogen-bond donors (Lipinski definition) is 1. The molecule has 0 atom stereocenters. The smallest absolute Gasteiger partial charge is 0.207 e. The summed E-state index contributed by atoms with van der Waals surface area (Å²) in [7, 11) is -8.58. The zero-order chi connectivity index (χ0) is 14.9. The molecule has 1 N–H and O–H groups in total. The van der Waals surface area contributed by atoms with E-state index in [1.807, 2.05) is 6.92 Å². The van der Waals surface area contributed by atoms with Crippen molar-refractivity contribution in [1.82, 2.24) is 4.72 Å². The van der Waals surface area contributed by atoms with Crippen LogP contribution < -0.4 is 4.72 Å². The third-order valence-corrected chi connectivity index (χ3v) is 5.26. The molecule has 1 aromatic carbocycles. The van der Waals surface area contributed by atoms with Crippen LogP contribution >= 0.6 is 0 Å². The van der Waals surface area contributed by atoms with Crippen molar-refractivity contribution in [3.05, 3.63) is 24.3 Å². The van der Waals surface area contributed by atoms with Crippen molar-refractivity contribution in [2.24, 2.45) is 0 Å².